The Morgan fingerprint density at radius 1 is 1.41 bits per heavy atom. The third-order valence-corrected chi connectivity index (χ3v) is 3.06. The molecule has 1 atom stereocenters. The van der Waals surface area contributed by atoms with E-state index in [1.165, 1.54) is 11.1 Å². The lowest BCUT2D eigenvalue weighted by Gasteiger charge is -2.20. The molecule has 94 valence electrons. The van der Waals surface area contributed by atoms with Crippen LogP contribution in [0.3, 0.4) is 0 Å². The Morgan fingerprint density at radius 2 is 2.24 bits per heavy atom. The standard InChI is InChI=1S/C14H21NO2/c1-10(2)17-9-13(15-3)12-6-4-5-11-7-8-16-14(11)12/h4-6,10,13,15H,7-9H2,1-3H3. The molecule has 0 saturated carbocycles. The van der Waals surface area contributed by atoms with Crippen molar-refractivity contribution in [3.05, 3.63) is 29.3 Å². The molecule has 0 fully saturated rings. The fourth-order valence-electron chi connectivity index (χ4n) is 2.13. The quantitative estimate of drug-likeness (QED) is 0.849. The van der Waals surface area contributed by atoms with Gasteiger partial charge in [0.1, 0.15) is 5.75 Å². The molecular formula is C14H21NO2. The van der Waals surface area contributed by atoms with Crippen molar-refractivity contribution in [1.29, 1.82) is 0 Å². The van der Waals surface area contributed by atoms with Gasteiger partial charge in [0.2, 0.25) is 0 Å². The molecule has 1 heterocycles. The monoisotopic (exact) mass is 235 g/mol. The van der Waals surface area contributed by atoms with Crippen LogP contribution in [0.4, 0.5) is 0 Å². The third-order valence-electron chi connectivity index (χ3n) is 3.06. The first-order valence-corrected chi connectivity index (χ1v) is 6.26. The number of nitrogens with one attached hydrogen (secondary N) is 1. The van der Waals surface area contributed by atoms with Crippen molar-refractivity contribution in [2.75, 3.05) is 20.3 Å². The smallest absolute Gasteiger partial charge is 0.127 e. The molecule has 2 rings (SSSR count). The van der Waals surface area contributed by atoms with Gasteiger partial charge in [0, 0.05) is 12.0 Å². The van der Waals surface area contributed by atoms with Gasteiger partial charge in [-0.15, -0.1) is 0 Å². The summed E-state index contributed by atoms with van der Waals surface area (Å²) in [6.45, 7) is 5.58. The van der Waals surface area contributed by atoms with E-state index in [1.54, 1.807) is 0 Å². The van der Waals surface area contributed by atoms with Crippen molar-refractivity contribution in [2.45, 2.75) is 32.4 Å². The second-order valence-corrected chi connectivity index (χ2v) is 4.66. The van der Waals surface area contributed by atoms with E-state index in [4.69, 9.17) is 9.47 Å². The number of likely N-dealkylation sites (N-methyl/N-ethyl adjacent to an activating group) is 1. The van der Waals surface area contributed by atoms with Gasteiger partial charge >= 0.3 is 0 Å². The predicted octanol–water partition coefficient (Wildman–Crippen LogP) is 2.31. The molecule has 3 nitrogen and oxygen atoms in total. The van der Waals surface area contributed by atoms with Gasteiger partial charge in [-0.3, -0.25) is 0 Å². The van der Waals surface area contributed by atoms with E-state index < -0.39 is 0 Å². The highest BCUT2D eigenvalue weighted by molar-refractivity contribution is 5.45. The summed E-state index contributed by atoms with van der Waals surface area (Å²) in [6, 6.07) is 6.56. The second kappa shape index (κ2) is 5.52. The van der Waals surface area contributed by atoms with Crippen LogP contribution in [0, 0.1) is 0 Å². The Morgan fingerprint density at radius 3 is 2.94 bits per heavy atom. The molecule has 0 spiro atoms. The maximum Gasteiger partial charge on any atom is 0.127 e. The van der Waals surface area contributed by atoms with E-state index in [0.717, 1.165) is 18.8 Å². The SMILES string of the molecule is CNC(COC(C)C)c1cccc2c1OCC2. The van der Waals surface area contributed by atoms with Crippen molar-refractivity contribution in [2.24, 2.45) is 0 Å². The lowest BCUT2D eigenvalue weighted by atomic mass is 10.0. The van der Waals surface area contributed by atoms with Crippen LogP contribution in [0.25, 0.3) is 0 Å². The Kier molecular flexibility index (Phi) is 4.02. The normalized spacial score (nSPS) is 15.8. The Hall–Kier alpha value is -1.06. The maximum absolute atomic E-state index is 5.72. The molecule has 1 aromatic carbocycles. The molecule has 3 heteroatoms. The zero-order valence-corrected chi connectivity index (χ0v) is 10.8. The van der Waals surface area contributed by atoms with Gasteiger partial charge in [0.15, 0.2) is 0 Å². The van der Waals surface area contributed by atoms with Gasteiger partial charge < -0.3 is 14.8 Å². The van der Waals surface area contributed by atoms with Crippen molar-refractivity contribution >= 4 is 0 Å². The summed E-state index contributed by atoms with van der Waals surface area (Å²) in [5, 5.41) is 3.30. The maximum atomic E-state index is 5.72. The van der Waals surface area contributed by atoms with Crippen LogP contribution < -0.4 is 10.1 Å². The zero-order chi connectivity index (χ0) is 12.3. The molecule has 17 heavy (non-hydrogen) atoms. The highest BCUT2D eigenvalue weighted by atomic mass is 16.5. The van der Waals surface area contributed by atoms with Crippen LogP contribution >= 0.6 is 0 Å². The van der Waals surface area contributed by atoms with Crippen molar-refractivity contribution in [3.63, 3.8) is 0 Å². The summed E-state index contributed by atoms with van der Waals surface area (Å²) < 4.78 is 11.4. The van der Waals surface area contributed by atoms with Crippen molar-refractivity contribution in [3.8, 4) is 5.75 Å². The van der Waals surface area contributed by atoms with E-state index in [2.05, 4.69) is 37.4 Å². The lowest BCUT2D eigenvalue weighted by Crippen LogP contribution is -2.24. The first-order chi connectivity index (χ1) is 8.22. The molecule has 1 aromatic rings. The molecule has 1 unspecified atom stereocenters. The molecule has 0 aromatic heterocycles. The Bertz CT molecular complexity index is 376. The molecule has 1 aliphatic rings. The van der Waals surface area contributed by atoms with Gasteiger partial charge in [0.05, 0.1) is 25.4 Å². The summed E-state index contributed by atoms with van der Waals surface area (Å²) in [5.41, 5.74) is 2.52. The van der Waals surface area contributed by atoms with E-state index in [-0.39, 0.29) is 12.1 Å². The number of hydrogen-bond acceptors (Lipinski definition) is 3. The molecule has 0 aliphatic carbocycles. The minimum absolute atomic E-state index is 0.199. The first-order valence-electron chi connectivity index (χ1n) is 6.26. The molecular weight excluding hydrogens is 214 g/mol. The highest BCUT2D eigenvalue weighted by Gasteiger charge is 2.21. The first kappa shape index (κ1) is 12.4. The number of ether oxygens (including phenoxy) is 2. The number of hydrogen-bond donors (Lipinski definition) is 1. The van der Waals surface area contributed by atoms with E-state index in [1.807, 2.05) is 7.05 Å². The van der Waals surface area contributed by atoms with E-state index in [0.29, 0.717) is 6.61 Å². The minimum Gasteiger partial charge on any atom is -0.493 e. The van der Waals surface area contributed by atoms with Crippen LogP contribution in [0.15, 0.2) is 18.2 Å². The number of para-hydroxylation sites is 1. The van der Waals surface area contributed by atoms with Gasteiger partial charge in [-0.1, -0.05) is 18.2 Å². The molecule has 0 amide bonds. The van der Waals surface area contributed by atoms with E-state index in [9.17, 15) is 0 Å². The van der Waals surface area contributed by atoms with Crippen LogP contribution in [0.5, 0.6) is 5.75 Å². The predicted molar refractivity (Wildman–Crippen MR) is 68.5 cm³/mol. The number of rotatable bonds is 5. The largest absolute Gasteiger partial charge is 0.493 e. The second-order valence-electron chi connectivity index (χ2n) is 4.66. The molecule has 0 bridgehead atoms. The van der Waals surface area contributed by atoms with Crippen LogP contribution in [0.2, 0.25) is 0 Å². The minimum atomic E-state index is 0.199. The zero-order valence-electron chi connectivity index (χ0n) is 10.8. The average Bonchev–Trinajstić information content (AvgIpc) is 2.78. The summed E-state index contributed by atoms with van der Waals surface area (Å²) in [6.07, 6.45) is 1.27. The molecule has 1 aliphatic heterocycles. The summed E-state index contributed by atoms with van der Waals surface area (Å²) >= 11 is 0. The molecule has 1 N–H and O–H groups in total. The van der Waals surface area contributed by atoms with Crippen LogP contribution in [0.1, 0.15) is 31.0 Å². The fraction of sp³-hybridized carbons (Fsp3) is 0.571. The van der Waals surface area contributed by atoms with Crippen molar-refractivity contribution in [1.82, 2.24) is 5.32 Å². The third kappa shape index (κ3) is 2.79. The van der Waals surface area contributed by atoms with Crippen LogP contribution in [-0.2, 0) is 11.2 Å². The Labute approximate surface area is 103 Å². The highest BCUT2D eigenvalue weighted by Crippen LogP contribution is 2.33. The van der Waals surface area contributed by atoms with Gasteiger partial charge in [0.25, 0.3) is 0 Å². The van der Waals surface area contributed by atoms with Gasteiger partial charge in [-0.25, -0.2) is 0 Å². The van der Waals surface area contributed by atoms with Gasteiger partial charge in [-0.05, 0) is 26.5 Å². The molecule has 0 saturated heterocycles. The molecule has 0 radical (unpaired) electrons. The fourth-order valence-corrected chi connectivity index (χ4v) is 2.13. The summed E-state index contributed by atoms with van der Waals surface area (Å²) in [4.78, 5) is 0. The van der Waals surface area contributed by atoms with Crippen molar-refractivity contribution < 1.29 is 9.47 Å². The average molecular weight is 235 g/mol. The Balaban J connectivity index is 2.16. The van der Waals surface area contributed by atoms with Crippen LogP contribution in [-0.4, -0.2) is 26.4 Å². The summed E-state index contributed by atoms with van der Waals surface area (Å²) in [7, 11) is 1.96. The lowest BCUT2D eigenvalue weighted by molar-refractivity contribution is 0.0621. The number of fused-ring (bicyclic) bond motifs is 1. The summed E-state index contributed by atoms with van der Waals surface area (Å²) in [5.74, 6) is 1.05. The van der Waals surface area contributed by atoms with E-state index >= 15 is 0 Å². The topological polar surface area (TPSA) is 30.5 Å². The number of benzene rings is 1. The van der Waals surface area contributed by atoms with Gasteiger partial charge in [-0.2, -0.15) is 0 Å².